The number of hydrogen-bond acceptors (Lipinski definition) is 2. The predicted octanol–water partition coefficient (Wildman–Crippen LogP) is 3.42. The summed E-state index contributed by atoms with van der Waals surface area (Å²) in [6, 6.07) is 7.96. The van der Waals surface area contributed by atoms with E-state index in [9.17, 15) is 0 Å². The summed E-state index contributed by atoms with van der Waals surface area (Å²) < 4.78 is 10.7. The van der Waals surface area contributed by atoms with Gasteiger partial charge in [0.25, 0.3) is 0 Å². The molecular formula is C14H20O2. The molecule has 2 nitrogen and oxygen atoms in total. The van der Waals surface area contributed by atoms with Crippen LogP contribution in [0.5, 0.6) is 5.75 Å². The van der Waals surface area contributed by atoms with Crippen LogP contribution in [-0.4, -0.2) is 13.7 Å². The molecule has 0 saturated carbocycles. The predicted molar refractivity (Wildman–Crippen MR) is 66.6 cm³/mol. The van der Waals surface area contributed by atoms with Crippen molar-refractivity contribution in [3.05, 3.63) is 42.0 Å². The van der Waals surface area contributed by atoms with Crippen molar-refractivity contribution < 1.29 is 9.47 Å². The van der Waals surface area contributed by atoms with Gasteiger partial charge in [0.15, 0.2) is 0 Å². The lowest BCUT2D eigenvalue weighted by atomic mass is 10.2. The van der Waals surface area contributed by atoms with Gasteiger partial charge in [-0.25, -0.2) is 0 Å². The maximum absolute atomic E-state index is 5.62. The van der Waals surface area contributed by atoms with Crippen molar-refractivity contribution in [1.29, 1.82) is 0 Å². The van der Waals surface area contributed by atoms with Gasteiger partial charge in [-0.1, -0.05) is 31.2 Å². The Hall–Kier alpha value is -1.28. The minimum absolute atomic E-state index is 0.475. The van der Waals surface area contributed by atoms with Crippen molar-refractivity contribution in [2.45, 2.75) is 20.5 Å². The van der Waals surface area contributed by atoms with Crippen LogP contribution in [0.2, 0.25) is 0 Å². The molecule has 0 bridgehead atoms. The monoisotopic (exact) mass is 220 g/mol. The Kier molecular flexibility index (Phi) is 5.65. The zero-order chi connectivity index (χ0) is 11.8. The SMILES string of the molecule is CC=C[C@H](C)COCc1ccc(OC)cc1. The zero-order valence-electron chi connectivity index (χ0n) is 10.3. The van der Waals surface area contributed by atoms with Crippen molar-refractivity contribution >= 4 is 0 Å². The lowest BCUT2D eigenvalue weighted by Gasteiger charge is -2.08. The Balaban J connectivity index is 2.31. The van der Waals surface area contributed by atoms with Gasteiger partial charge in [-0.3, -0.25) is 0 Å². The molecule has 2 heteroatoms. The van der Waals surface area contributed by atoms with Crippen LogP contribution in [0.25, 0.3) is 0 Å². The van der Waals surface area contributed by atoms with E-state index in [0.717, 1.165) is 12.4 Å². The van der Waals surface area contributed by atoms with E-state index in [2.05, 4.69) is 19.1 Å². The lowest BCUT2D eigenvalue weighted by Crippen LogP contribution is -2.03. The van der Waals surface area contributed by atoms with Crippen molar-refractivity contribution in [1.82, 2.24) is 0 Å². The van der Waals surface area contributed by atoms with Gasteiger partial charge < -0.3 is 9.47 Å². The van der Waals surface area contributed by atoms with Crippen LogP contribution in [0.1, 0.15) is 19.4 Å². The molecule has 0 aromatic heterocycles. The third-order valence-corrected chi connectivity index (χ3v) is 2.33. The average Bonchev–Trinajstić information content (AvgIpc) is 2.30. The topological polar surface area (TPSA) is 18.5 Å². The summed E-state index contributed by atoms with van der Waals surface area (Å²) in [5.74, 6) is 1.36. The molecule has 0 fully saturated rings. The lowest BCUT2D eigenvalue weighted by molar-refractivity contribution is 0.104. The third-order valence-electron chi connectivity index (χ3n) is 2.33. The van der Waals surface area contributed by atoms with E-state index in [1.54, 1.807) is 7.11 Å². The van der Waals surface area contributed by atoms with E-state index < -0.39 is 0 Å². The van der Waals surface area contributed by atoms with Gasteiger partial charge >= 0.3 is 0 Å². The number of benzene rings is 1. The van der Waals surface area contributed by atoms with Gasteiger partial charge in [0, 0.05) is 0 Å². The summed E-state index contributed by atoms with van der Waals surface area (Å²) in [6.45, 7) is 5.59. The molecule has 1 aromatic carbocycles. The minimum atomic E-state index is 0.475. The van der Waals surface area contributed by atoms with Crippen molar-refractivity contribution in [3.8, 4) is 5.75 Å². The second kappa shape index (κ2) is 7.07. The van der Waals surface area contributed by atoms with Crippen LogP contribution in [0.3, 0.4) is 0 Å². The van der Waals surface area contributed by atoms with E-state index in [1.807, 2.05) is 31.2 Å². The van der Waals surface area contributed by atoms with Crippen LogP contribution in [0.15, 0.2) is 36.4 Å². The van der Waals surface area contributed by atoms with Gasteiger partial charge in [-0.05, 0) is 30.5 Å². The van der Waals surface area contributed by atoms with E-state index in [-0.39, 0.29) is 0 Å². The highest BCUT2D eigenvalue weighted by Crippen LogP contribution is 2.12. The summed E-state index contributed by atoms with van der Waals surface area (Å²) in [5, 5.41) is 0. The summed E-state index contributed by atoms with van der Waals surface area (Å²) in [5.41, 5.74) is 1.17. The van der Waals surface area contributed by atoms with Crippen molar-refractivity contribution in [2.24, 2.45) is 5.92 Å². The first-order valence-electron chi connectivity index (χ1n) is 5.59. The minimum Gasteiger partial charge on any atom is -0.497 e. The molecule has 88 valence electrons. The zero-order valence-corrected chi connectivity index (χ0v) is 10.3. The van der Waals surface area contributed by atoms with Gasteiger partial charge in [0.1, 0.15) is 5.75 Å². The fourth-order valence-corrected chi connectivity index (χ4v) is 1.47. The summed E-state index contributed by atoms with van der Waals surface area (Å²) >= 11 is 0. The first kappa shape index (κ1) is 12.8. The maximum atomic E-state index is 5.62. The number of allylic oxidation sites excluding steroid dienone is 1. The summed E-state index contributed by atoms with van der Waals surface area (Å²) in [6.07, 6.45) is 4.20. The van der Waals surface area contributed by atoms with Crippen LogP contribution in [0, 0.1) is 5.92 Å². The molecule has 0 saturated heterocycles. The van der Waals surface area contributed by atoms with Crippen LogP contribution < -0.4 is 4.74 Å². The Labute approximate surface area is 97.9 Å². The van der Waals surface area contributed by atoms with Gasteiger partial charge in [0.05, 0.1) is 20.3 Å². The van der Waals surface area contributed by atoms with E-state index in [4.69, 9.17) is 9.47 Å². The quantitative estimate of drug-likeness (QED) is 0.684. The fraction of sp³-hybridized carbons (Fsp3) is 0.429. The summed E-state index contributed by atoms with van der Waals surface area (Å²) in [7, 11) is 1.67. The Morgan fingerprint density at radius 2 is 1.94 bits per heavy atom. The van der Waals surface area contributed by atoms with E-state index in [1.165, 1.54) is 5.56 Å². The molecule has 0 aliphatic rings. The van der Waals surface area contributed by atoms with Gasteiger partial charge in [0.2, 0.25) is 0 Å². The van der Waals surface area contributed by atoms with Crippen molar-refractivity contribution in [3.63, 3.8) is 0 Å². The molecule has 0 aliphatic heterocycles. The van der Waals surface area contributed by atoms with E-state index in [0.29, 0.717) is 12.5 Å². The second-order valence-electron chi connectivity index (χ2n) is 3.87. The molecule has 1 rings (SSSR count). The van der Waals surface area contributed by atoms with E-state index >= 15 is 0 Å². The first-order chi connectivity index (χ1) is 7.76. The molecule has 1 atom stereocenters. The fourth-order valence-electron chi connectivity index (χ4n) is 1.47. The largest absolute Gasteiger partial charge is 0.497 e. The summed E-state index contributed by atoms with van der Waals surface area (Å²) in [4.78, 5) is 0. The molecule has 0 aliphatic carbocycles. The average molecular weight is 220 g/mol. The molecule has 0 amide bonds. The first-order valence-corrected chi connectivity index (χ1v) is 5.59. The highest BCUT2D eigenvalue weighted by molar-refractivity contribution is 5.26. The number of hydrogen-bond donors (Lipinski definition) is 0. The van der Waals surface area contributed by atoms with Gasteiger partial charge in [-0.2, -0.15) is 0 Å². The molecule has 0 spiro atoms. The smallest absolute Gasteiger partial charge is 0.118 e. The van der Waals surface area contributed by atoms with Crippen molar-refractivity contribution in [2.75, 3.05) is 13.7 Å². The number of ether oxygens (including phenoxy) is 2. The van der Waals surface area contributed by atoms with Gasteiger partial charge in [-0.15, -0.1) is 0 Å². The molecule has 1 aromatic rings. The molecule has 0 heterocycles. The molecule has 0 unspecified atom stereocenters. The van der Waals surface area contributed by atoms with Crippen LogP contribution >= 0.6 is 0 Å². The number of methoxy groups -OCH3 is 1. The maximum Gasteiger partial charge on any atom is 0.118 e. The Morgan fingerprint density at radius 3 is 2.50 bits per heavy atom. The molecular weight excluding hydrogens is 200 g/mol. The standard InChI is InChI=1S/C14H20O2/c1-4-5-12(2)10-16-11-13-6-8-14(15-3)9-7-13/h4-9,12H,10-11H2,1-3H3/t12-/m0/s1. The second-order valence-corrected chi connectivity index (χ2v) is 3.87. The third kappa shape index (κ3) is 4.49. The van der Waals surface area contributed by atoms with Crippen LogP contribution in [-0.2, 0) is 11.3 Å². The highest BCUT2D eigenvalue weighted by atomic mass is 16.5. The van der Waals surface area contributed by atoms with Crippen LogP contribution in [0.4, 0.5) is 0 Å². The molecule has 16 heavy (non-hydrogen) atoms. The highest BCUT2D eigenvalue weighted by Gasteiger charge is 1.98. The molecule has 0 radical (unpaired) electrons. The Morgan fingerprint density at radius 1 is 1.25 bits per heavy atom. The Bertz CT molecular complexity index is 314. The number of rotatable bonds is 6. The normalized spacial score (nSPS) is 12.9. The molecule has 0 N–H and O–H groups in total.